The molecule has 0 amide bonds. The van der Waals surface area contributed by atoms with Crippen LogP contribution in [0.5, 0.6) is 0 Å². The maximum Gasteiger partial charge on any atom is 0.295 e. The van der Waals surface area contributed by atoms with Gasteiger partial charge in [0, 0.05) is 42.4 Å². The minimum absolute atomic E-state index is 0.0266. The van der Waals surface area contributed by atoms with E-state index in [-0.39, 0.29) is 71.8 Å². The van der Waals surface area contributed by atoms with E-state index in [1.165, 1.54) is 29.2 Å². The van der Waals surface area contributed by atoms with Crippen LogP contribution in [0.25, 0.3) is 12.2 Å². The van der Waals surface area contributed by atoms with E-state index in [0.29, 0.717) is 28.2 Å². The summed E-state index contributed by atoms with van der Waals surface area (Å²) in [5.74, 6) is 0.0898. The highest BCUT2D eigenvalue weighted by molar-refractivity contribution is 7.94. The molecule has 20 nitrogen and oxygen atoms in total. The lowest BCUT2D eigenvalue weighted by atomic mass is 10.1. The quantitative estimate of drug-likeness (QED) is 0.0206. The molecule has 2 aromatic carbocycles. The van der Waals surface area contributed by atoms with E-state index in [1.54, 1.807) is 50.8 Å². The number of hydrogen-bond donors (Lipinski definition) is 8. The summed E-state index contributed by atoms with van der Waals surface area (Å²) in [4.78, 5) is 27.9. The first-order valence-electron chi connectivity index (χ1n) is 16.6. The van der Waals surface area contributed by atoms with Gasteiger partial charge >= 0.3 is 0 Å². The third kappa shape index (κ3) is 13.9. The zero-order chi connectivity index (χ0) is 41.2. The third-order valence-electron chi connectivity index (χ3n) is 7.11. The molecule has 4 aromatic rings. The predicted molar refractivity (Wildman–Crippen MR) is 210 cm³/mol. The summed E-state index contributed by atoms with van der Waals surface area (Å²) >= 11 is 12.9. The molecule has 8 N–H and O–H groups in total. The Morgan fingerprint density at radius 2 is 1.14 bits per heavy atom. The van der Waals surface area contributed by atoms with Crippen LogP contribution in [0.4, 0.5) is 35.2 Å². The van der Waals surface area contributed by atoms with E-state index < -0.39 is 39.4 Å². The molecule has 0 spiro atoms. The second-order valence-corrected chi connectivity index (χ2v) is 15.3. The summed E-state index contributed by atoms with van der Waals surface area (Å²) in [6.45, 7) is 6.60. The van der Waals surface area contributed by atoms with Gasteiger partial charge in [0.1, 0.15) is 4.90 Å². The van der Waals surface area contributed by atoms with Crippen molar-refractivity contribution in [2.75, 3.05) is 46.6 Å². The summed E-state index contributed by atoms with van der Waals surface area (Å²) in [6.07, 6.45) is -0.200. The Balaban J connectivity index is 1.63. The highest BCUT2D eigenvalue weighted by Gasteiger charge is 2.20. The minimum Gasteiger partial charge on any atom is -0.392 e. The number of hydrogen-bond acceptors (Lipinski definition) is 20. The standard InChI is InChI=1S/C32H40Cl2N10O10S2/c1-17(45)13-43(14-18(2)46)31-39-27(33)37-29(41-31)35-23-9-7-21(25(11-23)55-54-53-49)5-6-22-8-10-24(12-26(22)56(50,51)52)36-30-38-28(34)40-32(42-30)44(15-19(3)47)16-20(4)48/h5-12,17-20,45-49H,13-16H2,1-4H3,(H,50,51,52)(H,35,37,39,41)(H,36,38,40,42)/b6-5+. The third-order valence-corrected chi connectivity index (χ3v) is 9.02. The molecule has 0 bridgehead atoms. The Morgan fingerprint density at radius 3 is 1.57 bits per heavy atom. The summed E-state index contributed by atoms with van der Waals surface area (Å²) in [6, 6.07) is 8.87. The van der Waals surface area contributed by atoms with Crippen molar-refractivity contribution in [2.24, 2.45) is 0 Å². The van der Waals surface area contributed by atoms with Gasteiger partial charge in [0.2, 0.25) is 34.4 Å². The fraction of sp³-hybridized carbons (Fsp3) is 0.375. The van der Waals surface area contributed by atoms with E-state index >= 15 is 0 Å². The van der Waals surface area contributed by atoms with Crippen molar-refractivity contribution in [1.82, 2.24) is 29.9 Å². The second kappa shape index (κ2) is 20.4. The molecule has 2 aromatic heterocycles. The maximum absolute atomic E-state index is 12.5. The van der Waals surface area contributed by atoms with E-state index in [0.717, 1.165) is 6.07 Å². The summed E-state index contributed by atoms with van der Waals surface area (Å²) in [5, 5.41) is 57.9. The Hall–Kier alpha value is -4.04. The van der Waals surface area contributed by atoms with Crippen LogP contribution in [0.1, 0.15) is 38.8 Å². The van der Waals surface area contributed by atoms with Gasteiger partial charge in [-0.3, -0.25) is 4.55 Å². The Bertz CT molecular complexity index is 2060. The van der Waals surface area contributed by atoms with Gasteiger partial charge in [0.05, 0.1) is 36.5 Å². The molecule has 56 heavy (non-hydrogen) atoms. The molecule has 24 heteroatoms. The van der Waals surface area contributed by atoms with Gasteiger partial charge in [-0.15, -0.1) is 4.33 Å². The number of nitrogens with one attached hydrogen (secondary N) is 2. The van der Waals surface area contributed by atoms with Gasteiger partial charge < -0.3 is 40.9 Å². The fourth-order valence-electron chi connectivity index (χ4n) is 5.11. The highest BCUT2D eigenvalue weighted by Crippen LogP contribution is 2.31. The molecule has 0 radical (unpaired) electrons. The lowest BCUT2D eigenvalue weighted by molar-refractivity contribution is -0.432. The van der Waals surface area contributed by atoms with Crippen LogP contribution >= 0.6 is 35.2 Å². The van der Waals surface area contributed by atoms with Crippen LogP contribution in [0.3, 0.4) is 0 Å². The first kappa shape index (κ1) is 44.7. The van der Waals surface area contributed by atoms with Gasteiger partial charge in [-0.05, 0) is 86.3 Å². The first-order valence-corrected chi connectivity index (χ1v) is 19.5. The van der Waals surface area contributed by atoms with Crippen LogP contribution in [-0.2, 0) is 19.5 Å². The van der Waals surface area contributed by atoms with Crippen LogP contribution in [0, 0.1) is 0 Å². The number of anilines is 6. The number of rotatable bonds is 20. The molecule has 0 aliphatic rings. The number of halogens is 2. The van der Waals surface area contributed by atoms with Crippen molar-refractivity contribution in [3.05, 3.63) is 58.1 Å². The van der Waals surface area contributed by atoms with Crippen molar-refractivity contribution < 1.29 is 48.0 Å². The van der Waals surface area contributed by atoms with Gasteiger partial charge in [0.15, 0.2) is 0 Å². The molecule has 0 fully saturated rings. The molecule has 4 unspecified atom stereocenters. The lowest BCUT2D eigenvalue weighted by Crippen LogP contribution is -2.37. The zero-order valence-electron chi connectivity index (χ0n) is 30.2. The van der Waals surface area contributed by atoms with E-state index in [4.69, 9.17) is 28.5 Å². The molecule has 4 atom stereocenters. The van der Waals surface area contributed by atoms with Gasteiger partial charge in [-0.2, -0.15) is 38.3 Å². The highest BCUT2D eigenvalue weighted by atomic mass is 35.5. The molecular weight excluding hydrogens is 819 g/mol. The molecule has 4 rings (SSSR count). The summed E-state index contributed by atoms with van der Waals surface area (Å²) in [7, 11) is -4.79. The minimum atomic E-state index is -4.79. The van der Waals surface area contributed by atoms with Gasteiger partial charge in [0.25, 0.3) is 10.1 Å². The van der Waals surface area contributed by atoms with Gasteiger partial charge in [-0.1, -0.05) is 29.3 Å². The molecule has 0 aliphatic carbocycles. The van der Waals surface area contributed by atoms with E-state index in [2.05, 4.69) is 49.9 Å². The molecular formula is C32H40Cl2N10O10S2. The molecule has 0 aliphatic heterocycles. The Morgan fingerprint density at radius 1 is 0.714 bits per heavy atom. The average molecular weight is 860 g/mol. The van der Waals surface area contributed by atoms with Crippen LogP contribution in [-0.4, -0.2) is 119 Å². The number of aliphatic hydroxyl groups excluding tert-OH is 4. The number of aromatic nitrogens is 6. The van der Waals surface area contributed by atoms with Crippen LogP contribution < -0.4 is 20.4 Å². The number of benzene rings is 2. The van der Waals surface area contributed by atoms with Gasteiger partial charge in [-0.25, -0.2) is 5.26 Å². The normalized spacial score (nSPS) is 14.0. The lowest BCUT2D eigenvalue weighted by Gasteiger charge is -2.25. The topological polar surface area (TPSA) is 282 Å². The second-order valence-electron chi connectivity index (χ2n) is 12.5. The van der Waals surface area contributed by atoms with Crippen molar-refractivity contribution in [2.45, 2.75) is 61.9 Å². The van der Waals surface area contributed by atoms with Crippen LogP contribution in [0.2, 0.25) is 10.6 Å². The molecule has 0 saturated heterocycles. The Kier molecular flexibility index (Phi) is 16.3. The zero-order valence-corrected chi connectivity index (χ0v) is 33.4. The Labute approximate surface area is 336 Å². The smallest absolute Gasteiger partial charge is 0.295 e. The monoisotopic (exact) mass is 858 g/mol. The number of aliphatic hydroxyl groups is 4. The van der Waals surface area contributed by atoms with Crippen molar-refractivity contribution in [3.63, 3.8) is 0 Å². The fourth-order valence-corrected chi connectivity index (χ4v) is 6.64. The predicted octanol–water partition coefficient (Wildman–Crippen LogP) is 3.83. The van der Waals surface area contributed by atoms with Crippen molar-refractivity contribution in [1.29, 1.82) is 0 Å². The van der Waals surface area contributed by atoms with E-state index in [9.17, 15) is 33.4 Å². The van der Waals surface area contributed by atoms with Crippen molar-refractivity contribution >= 4 is 92.7 Å². The van der Waals surface area contributed by atoms with Crippen LogP contribution in [0.15, 0.2) is 46.2 Å². The van der Waals surface area contributed by atoms with E-state index in [1.807, 2.05) is 0 Å². The maximum atomic E-state index is 12.5. The molecule has 304 valence electrons. The molecule has 0 saturated carbocycles. The summed E-state index contributed by atoms with van der Waals surface area (Å²) < 4.78 is 39.9. The number of nitrogens with zero attached hydrogens (tertiary/aromatic N) is 8. The summed E-state index contributed by atoms with van der Waals surface area (Å²) in [5.41, 5.74) is 1.09. The molecule has 2 heterocycles. The van der Waals surface area contributed by atoms with Crippen molar-refractivity contribution in [3.8, 4) is 0 Å². The SMILES string of the molecule is CC(O)CN(CC(C)O)c1nc(Cl)nc(Nc2ccc(/C=C/c3ccc(Nc4nc(Cl)nc(N(CC(C)O)CC(C)O)n4)cc3S(=O)(=O)O)c(SOOO)c2)n1. The first-order chi connectivity index (χ1) is 26.4. The largest absolute Gasteiger partial charge is 0.392 e. The average Bonchev–Trinajstić information content (AvgIpc) is 3.08.